The molecule has 7 nitrogen and oxygen atoms in total. The lowest BCUT2D eigenvalue weighted by Gasteiger charge is -2.69. The SMILES string of the molecule is CN(C)CCCOc1ccc(C2N(C)CC34C5=C6CCC7C8CCC9C%10CCC%11C%12CCC%13=C(C=C5)C23C2C%13C%12C3C%11C%10C5C9C8C8C7C6C4C4C8C5C3C42)c(OCCCN(C)C)c1OCCCN(C)C. The van der Waals surface area contributed by atoms with Gasteiger partial charge in [0.1, 0.15) is 0 Å². The van der Waals surface area contributed by atoms with Gasteiger partial charge in [-0.15, -0.1) is 0 Å². The highest BCUT2D eigenvalue weighted by Crippen LogP contribution is 2.96. The van der Waals surface area contributed by atoms with Gasteiger partial charge >= 0.3 is 0 Å². The first-order valence-corrected chi connectivity index (χ1v) is 30.5. The number of fused-ring (bicyclic) bond motifs is 3. The van der Waals surface area contributed by atoms with Gasteiger partial charge in [0.15, 0.2) is 11.5 Å². The fraction of sp³-hybridized carbons (Fsp3) is 0.812. The molecule has 0 bridgehead atoms. The highest BCUT2D eigenvalue weighted by atomic mass is 16.5. The van der Waals surface area contributed by atoms with Crippen molar-refractivity contribution in [2.45, 2.75) is 76.7 Å². The van der Waals surface area contributed by atoms with Gasteiger partial charge in [-0.25, -0.2) is 0 Å². The third-order valence-corrected chi connectivity index (χ3v) is 27.8. The molecule has 380 valence electrons. The Balaban J connectivity index is 0.880. The minimum atomic E-state index is 0.0783. The second-order valence-electron chi connectivity index (χ2n) is 29.6. The monoisotopic (exact) mass is 959 g/mol. The van der Waals surface area contributed by atoms with Crippen molar-refractivity contribution in [2.24, 2.45) is 153 Å². The van der Waals surface area contributed by atoms with E-state index < -0.39 is 0 Å². The Morgan fingerprint density at radius 1 is 0.493 bits per heavy atom. The zero-order chi connectivity index (χ0) is 47.0. The lowest BCUT2D eigenvalue weighted by molar-refractivity contribution is -0.190. The van der Waals surface area contributed by atoms with Gasteiger partial charge < -0.3 is 28.9 Å². The van der Waals surface area contributed by atoms with Crippen LogP contribution in [0.25, 0.3) is 0 Å². The maximum absolute atomic E-state index is 7.52. The Kier molecular flexibility index (Phi) is 8.56. The van der Waals surface area contributed by atoms with Gasteiger partial charge in [0.05, 0.1) is 19.8 Å². The van der Waals surface area contributed by atoms with Crippen LogP contribution < -0.4 is 14.2 Å². The molecule has 16 aliphatic carbocycles. The molecule has 2 spiro atoms. The smallest absolute Gasteiger partial charge is 0.203 e. The molecule has 18 rings (SSSR count). The maximum Gasteiger partial charge on any atom is 0.203 e. The number of ether oxygens (including phenoxy) is 3. The summed E-state index contributed by atoms with van der Waals surface area (Å²) >= 11 is 0. The topological polar surface area (TPSA) is 40.6 Å². The van der Waals surface area contributed by atoms with Crippen molar-refractivity contribution in [1.29, 1.82) is 0 Å². The van der Waals surface area contributed by atoms with Crippen LogP contribution in [0.2, 0.25) is 0 Å². The molecule has 0 amide bonds. The normalized spacial score (nSPS) is 54.3. The number of benzene rings is 1. The van der Waals surface area contributed by atoms with Crippen LogP contribution in [0.5, 0.6) is 17.2 Å². The third-order valence-electron chi connectivity index (χ3n) is 27.8. The van der Waals surface area contributed by atoms with Gasteiger partial charge in [0.25, 0.3) is 0 Å². The van der Waals surface area contributed by atoms with Crippen LogP contribution in [0.3, 0.4) is 0 Å². The molecule has 14 fully saturated rings. The molecular formula is C64H86N4O3. The second-order valence-corrected chi connectivity index (χ2v) is 29.6. The Labute approximate surface area is 426 Å². The predicted molar refractivity (Wildman–Crippen MR) is 277 cm³/mol. The van der Waals surface area contributed by atoms with E-state index in [9.17, 15) is 0 Å². The van der Waals surface area contributed by atoms with E-state index in [2.05, 4.69) is 98.8 Å². The molecule has 71 heavy (non-hydrogen) atoms. The molecule has 1 aliphatic heterocycles. The number of hydrogen-bond acceptors (Lipinski definition) is 7. The van der Waals surface area contributed by atoms with Crippen molar-refractivity contribution in [2.75, 3.05) is 95.3 Å². The number of rotatable bonds is 16. The zero-order valence-electron chi connectivity index (χ0n) is 44.5. The third kappa shape index (κ3) is 4.57. The van der Waals surface area contributed by atoms with Crippen molar-refractivity contribution in [3.05, 3.63) is 52.1 Å². The summed E-state index contributed by atoms with van der Waals surface area (Å²) in [4.78, 5) is 9.94. The van der Waals surface area contributed by atoms with E-state index in [1.807, 2.05) is 16.7 Å². The van der Waals surface area contributed by atoms with Crippen molar-refractivity contribution in [1.82, 2.24) is 19.6 Å². The number of likely N-dealkylation sites (tertiary alicyclic amines) is 1. The summed E-state index contributed by atoms with van der Waals surface area (Å²) in [7, 11) is 15.8. The first-order valence-electron chi connectivity index (χ1n) is 30.5. The maximum atomic E-state index is 7.52. The van der Waals surface area contributed by atoms with Gasteiger partial charge in [-0.1, -0.05) is 23.3 Å². The van der Waals surface area contributed by atoms with Crippen LogP contribution in [0.1, 0.15) is 82.2 Å². The molecule has 0 aromatic heterocycles. The minimum absolute atomic E-state index is 0.0783. The van der Waals surface area contributed by atoms with E-state index in [1.54, 1.807) is 25.7 Å². The van der Waals surface area contributed by atoms with Crippen molar-refractivity contribution < 1.29 is 14.2 Å². The largest absolute Gasteiger partial charge is 0.489 e. The van der Waals surface area contributed by atoms with E-state index in [0.29, 0.717) is 19.8 Å². The van der Waals surface area contributed by atoms with Crippen molar-refractivity contribution in [3.8, 4) is 17.2 Å². The first-order chi connectivity index (χ1) is 34.7. The summed E-state index contributed by atoms with van der Waals surface area (Å²) in [6.45, 7) is 6.32. The highest BCUT2D eigenvalue weighted by Gasteiger charge is 2.93. The predicted octanol–water partition coefficient (Wildman–Crippen LogP) is 9.91. The fourth-order valence-electron chi connectivity index (χ4n) is 28.3. The molecule has 27 unspecified atom stereocenters. The zero-order valence-corrected chi connectivity index (χ0v) is 44.5. The summed E-state index contributed by atoms with van der Waals surface area (Å²) in [5, 5.41) is 0. The summed E-state index contributed by atoms with van der Waals surface area (Å²) < 4.78 is 21.7. The average molecular weight is 959 g/mol. The highest BCUT2D eigenvalue weighted by molar-refractivity contribution is 5.67. The van der Waals surface area contributed by atoms with Gasteiger partial charge in [0.2, 0.25) is 5.75 Å². The minimum Gasteiger partial charge on any atom is -0.489 e. The summed E-state index contributed by atoms with van der Waals surface area (Å²) in [6.07, 6.45) is 21.1. The Morgan fingerprint density at radius 3 is 1.52 bits per heavy atom. The molecule has 7 heteroatoms. The van der Waals surface area contributed by atoms with Gasteiger partial charge in [-0.05, 0) is 285 Å². The fourth-order valence-corrected chi connectivity index (χ4v) is 28.3. The van der Waals surface area contributed by atoms with Gasteiger partial charge in [0, 0.05) is 48.6 Å². The van der Waals surface area contributed by atoms with Crippen LogP contribution >= 0.6 is 0 Å². The molecule has 1 heterocycles. The van der Waals surface area contributed by atoms with Crippen LogP contribution in [0.15, 0.2) is 46.6 Å². The van der Waals surface area contributed by atoms with Crippen LogP contribution in [-0.4, -0.2) is 115 Å². The second kappa shape index (κ2) is 14.2. The molecule has 1 aromatic rings. The molecule has 1 saturated heterocycles. The molecule has 1 aromatic carbocycles. The van der Waals surface area contributed by atoms with E-state index in [4.69, 9.17) is 14.2 Å². The van der Waals surface area contributed by atoms with Crippen molar-refractivity contribution >= 4 is 0 Å². The summed E-state index contributed by atoms with van der Waals surface area (Å²) in [5.41, 5.74) is 9.66. The van der Waals surface area contributed by atoms with Crippen LogP contribution in [0, 0.1) is 153 Å². The molecule has 0 radical (unpaired) electrons. The molecule has 13 saturated carbocycles. The Hall–Kier alpha value is -2.32. The molecule has 0 N–H and O–H groups in total. The first kappa shape index (κ1) is 42.9. The molecular weight excluding hydrogens is 873 g/mol. The van der Waals surface area contributed by atoms with E-state index in [1.165, 1.54) is 37.8 Å². The standard InChI is InChI=1S/C64H86N4O3/c1-65(2)23-8-26-69-41-22-19-38(60(70-27-9-24-66(3)4)61(41)71-28-10-25-67(5)6)62-64-40-21-20-39-36-17-15-34-32-13-11-30-31-12-14-33-35-16-18-37(40)49-47(35)52-45(33)43(31)50-42(30)44(32)51-46(34)48(36)58(63(39,64)29-68(62)7)56-54(51)53(50)55(52)57(56)59(49)64/h19-22,30-35,42-59,62H,8-18,23-29H2,1-7H3. The Bertz CT molecular complexity index is 2590. The molecule has 17 aliphatic rings. The number of nitrogens with zero attached hydrogens (tertiary/aromatic N) is 4. The van der Waals surface area contributed by atoms with E-state index >= 15 is 0 Å². The summed E-state index contributed by atoms with van der Waals surface area (Å²) in [6, 6.07) is 5.22. The summed E-state index contributed by atoms with van der Waals surface area (Å²) in [5.74, 6) is 26.9. The number of hydrogen-bond donors (Lipinski definition) is 0. The van der Waals surface area contributed by atoms with Crippen LogP contribution in [-0.2, 0) is 0 Å². The van der Waals surface area contributed by atoms with Gasteiger partial charge in [-0.3, -0.25) is 4.90 Å². The lowest BCUT2D eigenvalue weighted by Crippen LogP contribution is -2.67. The molecule has 27 atom stereocenters. The van der Waals surface area contributed by atoms with Gasteiger partial charge in [-0.2, -0.15) is 0 Å². The quantitative estimate of drug-likeness (QED) is 0.153. The lowest BCUT2D eigenvalue weighted by atomic mass is 9.33. The van der Waals surface area contributed by atoms with E-state index in [0.717, 1.165) is 198 Å². The van der Waals surface area contributed by atoms with Crippen LogP contribution in [0.4, 0.5) is 0 Å². The number of allylic oxidation sites excluding steroid dienone is 4. The Morgan fingerprint density at radius 2 is 0.944 bits per heavy atom. The van der Waals surface area contributed by atoms with E-state index in [-0.39, 0.29) is 16.9 Å². The average Bonchev–Trinajstić information content (AvgIpc) is 4.35. The van der Waals surface area contributed by atoms with Crippen molar-refractivity contribution in [3.63, 3.8) is 0 Å².